The van der Waals surface area contributed by atoms with E-state index in [0.29, 0.717) is 0 Å². The normalized spacial score (nSPS) is 28.5. The van der Waals surface area contributed by atoms with Gasteiger partial charge in [-0.2, -0.15) is 4.98 Å². The van der Waals surface area contributed by atoms with Gasteiger partial charge in [-0.3, -0.25) is 4.57 Å². The maximum Gasteiger partial charge on any atom is 0.351 e. The Bertz CT molecular complexity index is 478. The molecule has 1 aliphatic rings. The maximum atomic E-state index is 13.2. The van der Waals surface area contributed by atoms with Crippen molar-refractivity contribution >= 4 is 5.82 Å². The van der Waals surface area contributed by atoms with Crippen LogP contribution in [0.3, 0.4) is 0 Å². The van der Waals surface area contributed by atoms with E-state index in [4.69, 9.17) is 15.6 Å². The van der Waals surface area contributed by atoms with Crippen LogP contribution in [0.15, 0.2) is 11.0 Å². The zero-order valence-corrected chi connectivity index (χ0v) is 8.78. The summed E-state index contributed by atoms with van der Waals surface area (Å²) in [6, 6.07) is 0. The van der Waals surface area contributed by atoms with Crippen LogP contribution in [0, 0.1) is 5.82 Å². The van der Waals surface area contributed by atoms with Crippen LogP contribution in [-0.4, -0.2) is 38.6 Å². The van der Waals surface area contributed by atoms with Gasteiger partial charge < -0.3 is 20.7 Å². The molecule has 1 aliphatic heterocycles. The van der Waals surface area contributed by atoms with Gasteiger partial charge in [0.25, 0.3) is 0 Å². The van der Waals surface area contributed by atoms with E-state index in [1.165, 1.54) is 0 Å². The summed E-state index contributed by atoms with van der Waals surface area (Å²) in [5.74, 6) is -1.32. The topological polar surface area (TPSA) is 111 Å². The molecule has 2 heterocycles. The van der Waals surface area contributed by atoms with E-state index in [1.807, 2.05) is 0 Å². The van der Waals surface area contributed by atoms with Crippen molar-refractivity contribution in [2.45, 2.75) is 24.9 Å². The summed E-state index contributed by atoms with van der Waals surface area (Å²) in [7, 11) is 0. The van der Waals surface area contributed by atoms with Gasteiger partial charge in [0.2, 0.25) is 0 Å². The minimum atomic E-state index is -0.905. The second-order valence-electron chi connectivity index (χ2n) is 3.78. The highest BCUT2D eigenvalue weighted by Crippen LogP contribution is 2.27. The lowest BCUT2D eigenvalue weighted by Gasteiger charge is -2.14. The molecule has 3 unspecified atom stereocenters. The zero-order chi connectivity index (χ0) is 12.6. The molecule has 0 bridgehead atoms. The van der Waals surface area contributed by atoms with Crippen molar-refractivity contribution in [1.29, 1.82) is 0 Å². The number of rotatable bonds is 2. The molecule has 0 aliphatic carbocycles. The van der Waals surface area contributed by atoms with E-state index in [2.05, 4.69) is 4.98 Å². The van der Waals surface area contributed by atoms with Gasteiger partial charge in [0.15, 0.2) is 11.6 Å². The first-order valence-electron chi connectivity index (χ1n) is 5.01. The number of anilines is 1. The Hall–Kier alpha value is -1.51. The first-order chi connectivity index (χ1) is 8.02. The third kappa shape index (κ3) is 2.14. The second-order valence-corrected chi connectivity index (χ2v) is 3.78. The SMILES string of the molecule is Nc1nc(=O)n(C2CC(O)C(CO)O2)cc1[18F]. The van der Waals surface area contributed by atoms with Crippen molar-refractivity contribution in [3.63, 3.8) is 0 Å². The molecular weight excluding hydrogens is 232 g/mol. The first kappa shape index (κ1) is 12.0. The van der Waals surface area contributed by atoms with Crippen molar-refractivity contribution in [3.05, 3.63) is 22.5 Å². The summed E-state index contributed by atoms with van der Waals surface area (Å²) in [4.78, 5) is 14.7. The average Bonchev–Trinajstić information content (AvgIpc) is 2.65. The number of ether oxygens (including phenoxy) is 1. The number of aliphatic hydroxyl groups is 2. The molecule has 1 aromatic rings. The fourth-order valence-electron chi connectivity index (χ4n) is 1.71. The molecule has 17 heavy (non-hydrogen) atoms. The van der Waals surface area contributed by atoms with Crippen LogP contribution in [0.1, 0.15) is 12.6 Å². The van der Waals surface area contributed by atoms with Crippen LogP contribution in [0.5, 0.6) is 0 Å². The van der Waals surface area contributed by atoms with E-state index < -0.39 is 35.8 Å². The fourth-order valence-corrected chi connectivity index (χ4v) is 1.71. The van der Waals surface area contributed by atoms with Gasteiger partial charge in [-0.25, -0.2) is 9.18 Å². The monoisotopic (exact) mass is 244 g/mol. The molecule has 2 rings (SSSR count). The second kappa shape index (κ2) is 4.40. The zero-order valence-electron chi connectivity index (χ0n) is 8.78. The van der Waals surface area contributed by atoms with Crippen molar-refractivity contribution < 1.29 is 19.3 Å². The van der Waals surface area contributed by atoms with Crippen molar-refractivity contribution in [1.82, 2.24) is 9.55 Å². The molecule has 1 aromatic heterocycles. The highest BCUT2D eigenvalue weighted by molar-refractivity contribution is 5.26. The van der Waals surface area contributed by atoms with Crippen LogP contribution in [0.4, 0.5) is 10.2 Å². The van der Waals surface area contributed by atoms with Gasteiger partial charge >= 0.3 is 5.69 Å². The molecule has 1 fully saturated rings. The minimum absolute atomic E-state index is 0.0795. The van der Waals surface area contributed by atoms with Gasteiger partial charge in [-0.1, -0.05) is 0 Å². The Labute approximate surface area is 95.3 Å². The molecule has 0 saturated carbocycles. The summed E-state index contributed by atoms with van der Waals surface area (Å²) in [5, 5.41) is 18.4. The van der Waals surface area contributed by atoms with Crippen molar-refractivity contribution in [2.75, 3.05) is 12.3 Å². The van der Waals surface area contributed by atoms with Gasteiger partial charge in [0.05, 0.1) is 18.9 Å². The molecule has 0 aromatic carbocycles. The largest absolute Gasteiger partial charge is 0.394 e. The lowest BCUT2D eigenvalue weighted by atomic mass is 10.2. The average molecular weight is 244 g/mol. The number of aliphatic hydroxyl groups excluding tert-OH is 2. The first-order valence-corrected chi connectivity index (χ1v) is 5.01. The number of nitrogens with two attached hydrogens (primary N) is 1. The van der Waals surface area contributed by atoms with Crippen LogP contribution in [0.25, 0.3) is 0 Å². The predicted octanol–water partition coefficient (Wildman–Crippen LogP) is -1.39. The summed E-state index contributed by atoms with van der Waals surface area (Å²) in [5.41, 5.74) is 4.38. The molecule has 7 nitrogen and oxygen atoms in total. The molecule has 0 radical (unpaired) electrons. The van der Waals surface area contributed by atoms with Gasteiger partial charge in [0, 0.05) is 6.42 Å². The molecule has 0 amide bonds. The lowest BCUT2D eigenvalue weighted by molar-refractivity contribution is -0.0461. The Morgan fingerprint density at radius 3 is 3.00 bits per heavy atom. The summed E-state index contributed by atoms with van der Waals surface area (Å²) < 4.78 is 19.3. The number of hydrogen-bond acceptors (Lipinski definition) is 6. The van der Waals surface area contributed by atoms with E-state index >= 15 is 0 Å². The Kier molecular flexibility index (Phi) is 3.09. The number of halogens is 1. The summed E-state index contributed by atoms with van der Waals surface area (Å²) >= 11 is 0. The third-order valence-electron chi connectivity index (χ3n) is 2.63. The Morgan fingerprint density at radius 2 is 2.41 bits per heavy atom. The highest BCUT2D eigenvalue weighted by Gasteiger charge is 2.35. The number of aromatic nitrogens is 2. The quantitative estimate of drug-likeness (QED) is 0.590. The Morgan fingerprint density at radius 1 is 1.71 bits per heavy atom. The van der Waals surface area contributed by atoms with Crippen LogP contribution in [-0.2, 0) is 4.74 Å². The van der Waals surface area contributed by atoms with Crippen molar-refractivity contribution in [2.24, 2.45) is 0 Å². The van der Waals surface area contributed by atoms with E-state index in [-0.39, 0.29) is 13.0 Å². The summed E-state index contributed by atoms with van der Waals surface area (Å²) in [6.45, 7) is -0.378. The van der Waals surface area contributed by atoms with E-state index in [1.54, 1.807) is 0 Å². The number of nitrogen functional groups attached to an aromatic ring is 1. The van der Waals surface area contributed by atoms with Gasteiger partial charge in [-0.05, 0) is 0 Å². The minimum Gasteiger partial charge on any atom is -0.394 e. The molecule has 1 saturated heterocycles. The predicted molar refractivity (Wildman–Crippen MR) is 54.5 cm³/mol. The molecule has 3 atom stereocenters. The van der Waals surface area contributed by atoms with Crippen molar-refractivity contribution in [3.8, 4) is 0 Å². The van der Waals surface area contributed by atoms with E-state index in [0.717, 1.165) is 10.8 Å². The highest BCUT2D eigenvalue weighted by atomic mass is 18.2. The number of hydrogen-bond donors (Lipinski definition) is 3. The fraction of sp³-hybridized carbons (Fsp3) is 0.556. The molecule has 94 valence electrons. The van der Waals surface area contributed by atoms with Gasteiger partial charge in [0.1, 0.15) is 12.3 Å². The Balaban J connectivity index is 2.30. The molecular formula is C9H12FN3O4. The van der Waals surface area contributed by atoms with E-state index in [9.17, 15) is 14.3 Å². The molecule has 0 spiro atoms. The standard InChI is InChI=1S/C9H12FN3O4/c10-4-2-13(9(16)12-8(4)11)7-1-5(15)6(3-14)17-7/h2,5-7,14-15H,1,3H2,(H2,11,12,16)/i10-1. The summed E-state index contributed by atoms with van der Waals surface area (Å²) in [6.07, 6.45) is -1.58. The van der Waals surface area contributed by atoms with Crippen LogP contribution >= 0.6 is 0 Å². The van der Waals surface area contributed by atoms with Gasteiger partial charge in [-0.15, -0.1) is 0 Å². The lowest BCUT2D eigenvalue weighted by Crippen LogP contribution is -2.29. The van der Waals surface area contributed by atoms with Crippen LogP contribution < -0.4 is 11.4 Å². The molecule has 4 N–H and O–H groups in total. The maximum absolute atomic E-state index is 13.2. The molecule has 8 heteroatoms. The number of nitrogens with zero attached hydrogens (tertiary/aromatic N) is 2. The van der Waals surface area contributed by atoms with Crippen LogP contribution in [0.2, 0.25) is 0 Å². The smallest absolute Gasteiger partial charge is 0.351 e. The third-order valence-corrected chi connectivity index (χ3v) is 2.63.